The molecule has 1 N–H and O–H groups in total. The third kappa shape index (κ3) is 3.34. The van der Waals surface area contributed by atoms with Crippen molar-refractivity contribution in [1.82, 2.24) is 0 Å². The van der Waals surface area contributed by atoms with Gasteiger partial charge in [0.1, 0.15) is 12.3 Å². The number of rotatable bonds is 4. The lowest BCUT2D eigenvalue weighted by atomic mass is 10.2. The lowest BCUT2D eigenvalue weighted by Gasteiger charge is -2.20. The van der Waals surface area contributed by atoms with E-state index in [9.17, 15) is 4.79 Å². The number of aryl methyl sites for hydroxylation is 1. The van der Waals surface area contributed by atoms with Gasteiger partial charge in [0.15, 0.2) is 0 Å². The van der Waals surface area contributed by atoms with Gasteiger partial charge >= 0.3 is 0 Å². The number of nitrogens with zero attached hydrogens (tertiary/aromatic N) is 2. The van der Waals surface area contributed by atoms with Crippen LogP contribution in [0.3, 0.4) is 0 Å². The van der Waals surface area contributed by atoms with Gasteiger partial charge < -0.3 is 10.1 Å². The first-order chi connectivity index (χ1) is 11.2. The molecule has 0 fully saturated rings. The fourth-order valence-corrected chi connectivity index (χ4v) is 2.39. The van der Waals surface area contributed by atoms with Crippen molar-refractivity contribution < 1.29 is 9.53 Å². The zero-order valence-corrected chi connectivity index (χ0v) is 13.2. The summed E-state index contributed by atoms with van der Waals surface area (Å²) in [6.07, 6.45) is 0. The van der Waals surface area contributed by atoms with E-state index in [1.165, 1.54) is 5.56 Å². The van der Waals surface area contributed by atoms with Crippen molar-refractivity contribution in [3.05, 3.63) is 54.1 Å². The van der Waals surface area contributed by atoms with Crippen LogP contribution >= 0.6 is 0 Å². The third-order valence-electron chi connectivity index (χ3n) is 3.54. The van der Waals surface area contributed by atoms with Crippen LogP contribution in [0.2, 0.25) is 0 Å². The second-order valence-electron chi connectivity index (χ2n) is 5.29. The first kappa shape index (κ1) is 15.1. The maximum absolute atomic E-state index is 12.2. The minimum Gasteiger partial charge on any atom is -0.494 e. The molecule has 0 saturated carbocycles. The Kier molecular flexibility index (Phi) is 4.28. The second-order valence-corrected chi connectivity index (χ2v) is 5.29. The molecule has 1 amide bonds. The lowest BCUT2D eigenvalue weighted by Crippen LogP contribution is -2.36. The number of carbonyl (C=O) groups excluding carboxylic acids is 1. The Morgan fingerprint density at radius 2 is 1.83 bits per heavy atom. The number of hydrogen-bond donors (Lipinski definition) is 1. The number of guanidine groups is 1. The number of amides is 1. The zero-order valence-electron chi connectivity index (χ0n) is 13.2. The van der Waals surface area contributed by atoms with Crippen molar-refractivity contribution in [3.63, 3.8) is 0 Å². The molecule has 2 aromatic carbocycles. The topological polar surface area (TPSA) is 53.9 Å². The van der Waals surface area contributed by atoms with Crippen LogP contribution in [0.25, 0.3) is 0 Å². The fraction of sp³-hybridized carbons (Fsp3) is 0.222. The predicted octanol–water partition coefficient (Wildman–Crippen LogP) is 3.21. The minimum atomic E-state index is -0.0521. The fourth-order valence-electron chi connectivity index (χ4n) is 2.39. The van der Waals surface area contributed by atoms with Gasteiger partial charge in [-0.05, 0) is 50.2 Å². The van der Waals surface area contributed by atoms with Gasteiger partial charge in [-0.2, -0.15) is 0 Å². The van der Waals surface area contributed by atoms with E-state index >= 15 is 0 Å². The number of carbonyl (C=O) groups is 1. The Morgan fingerprint density at radius 1 is 1.13 bits per heavy atom. The Hall–Kier alpha value is -2.82. The van der Waals surface area contributed by atoms with Gasteiger partial charge in [0.2, 0.25) is 5.96 Å². The summed E-state index contributed by atoms with van der Waals surface area (Å²) in [5, 5.41) is 3.21. The lowest BCUT2D eigenvalue weighted by molar-refractivity contribution is -0.115. The van der Waals surface area contributed by atoms with Crippen molar-refractivity contribution in [2.75, 3.05) is 23.4 Å². The normalized spacial score (nSPS) is 13.9. The molecular weight excluding hydrogens is 290 g/mol. The van der Waals surface area contributed by atoms with E-state index in [-0.39, 0.29) is 12.5 Å². The Bertz CT molecular complexity index is 721. The summed E-state index contributed by atoms with van der Waals surface area (Å²) in [6.45, 7) is 4.74. The average molecular weight is 309 g/mol. The van der Waals surface area contributed by atoms with Crippen LogP contribution in [-0.4, -0.2) is 25.0 Å². The van der Waals surface area contributed by atoms with Crippen LogP contribution in [0.5, 0.6) is 5.75 Å². The van der Waals surface area contributed by atoms with E-state index in [2.05, 4.69) is 10.3 Å². The van der Waals surface area contributed by atoms with Gasteiger partial charge in [0.05, 0.1) is 12.3 Å². The van der Waals surface area contributed by atoms with E-state index in [1.54, 1.807) is 4.90 Å². The standard InChI is InChI=1S/C18H19N3O2/c1-3-23-16-10-8-15(9-11-16)21-17(22)12-19-18(21)20-14-6-4-13(2)5-7-14/h4-11H,3,12H2,1-2H3,(H,19,20). The molecule has 5 heteroatoms. The Morgan fingerprint density at radius 3 is 2.48 bits per heavy atom. The second kappa shape index (κ2) is 6.52. The molecular formula is C18H19N3O2. The molecule has 0 bridgehead atoms. The van der Waals surface area contributed by atoms with Crippen LogP contribution in [-0.2, 0) is 4.79 Å². The molecule has 23 heavy (non-hydrogen) atoms. The smallest absolute Gasteiger partial charge is 0.255 e. The van der Waals surface area contributed by atoms with Crippen molar-refractivity contribution in [2.24, 2.45) is 4.99 Å². The van der Waals surface area contributed by atoms with Crippen LogP contribution in [0.1, 0.15) is 12.5 Å². The highest BCUT2D eigenvalue weighted by atomic mass is 16.5. The van der Waals surface area contributed by atoms with E-state index in [0.717, 1.165) is 17.1 Å². The molecule has 0 unspecified atom stereocenters. The summed E-state index contributed by atoms with van der Waals surface area (Å²) < 4.78 is 5.43. The summed E-state index contributed by atoms with van der Waals surface area (Å²) in [4.78, 5) is 18.1. The largest absolute Gasteiger partial charge is 0.494 e. The number of hydrogen-bond acceptors (Lipinski definition) is 4. The molecule has 0 spiro atoms. The van der Waals surface area contributed by atoms with Gasteiger partial charge in [-0.15, -0.1) is 0 Å². The average Bonchev–Trinajstić information content (AvgIpc) is 2.91. The van der Waals surface area contributed by atoms with Crippen LogP contribution in [0.4, 0.5) is 11.4 Å². The van der Waals surface area contributed by atoms with Gasteiger partial charge in [-0.1, -0.05) is 17.7 Å². The molecule has 1 aliphatic rings. The van der Waals surface area contributed by atoms with Gasteiger partial charge in [0, 0.05) is 5.69 Å². The first-order valence-corrected chi connectivity index (χ1v) is 7.61. The summed E-state index contributed by atoms with van der Waals surface area (Å²) in [5.74, 6) is 1.28. The molecule has 118 valence electrons. The SMILES string of the molecule is CCOc1ccc(N2C(=O)CN=C2Nc2ccc(C)cc2)cc1. The predicted molar refractivity (Wildman–Crippen MR) is 92.2 cm³/mol. The van der Waals surface area contributed by atoms with Crippen molar-refractivity contribution in [2.45, 2.75) is 13.8 Å². The van der Waals surface area contributed by atoms with Crippen LogP contribution in [0, 0.1) is 6.92 Å². The van der Waals surface area contributed by atoms with E-state index in [0.29, 0.717) is 12.6 Å². The molecule has 0 atom stereocenters. The van der Waals surface area contributed by atoms with Gasteiger partial charge in [0.25, 0.3) is 5.91 Å². The van der Waals surface area contributed by atoms with Crippen molar-refractivity contribution in [1.29, 1.82) is 0 Å². The highest BCUT2D eigenvalue weighted by Crippen LogP contribution is 2.23. The van der Waals surface area contributed by atoms with Crippen molar-refractivity contribution >= 4 is 23.2 Å². The first-order valence-electron chi connectivity index (χ1n) is 7.61. The van der Waals surface area contributed by atoms with Crippen molar-refractivity contribution in [3.8, 4) is 5.75 Å². The van der Waals surface area contributed by atoms with Crippen LogP contribution in [0.15, 0.2) is 53.5 Å². The number of ether oxygens (including phenoxy) is 1. The number of aliphatic imine (C=N–C) groups is 1. The van der Waals surface area contributed by atoms with E-state index in [4.69, 9.17) is 4.74 Å². The molecule has 0 saturated heterocycles. The summed E-state index contributed by atoms with van der Waals surface area (Å²) in [5.41, 5.74) is 2.86. The third-order valence-corrected chi connectivity index (χ3v) is 3.54. The zero-order chi connectivity index (χ0) is 16.2. The quantitative estimate of drug-likeness (QED) is 0.943. The number of benzene rings is 2. The van der Waals surface area contributed by atoms with E-state index < -0.39 is 0 Å². The minimum absolute atomic E-state index is 0.0521. The summed E-state index contributed by atoms with van der Waals surface area (Å²) in [7, 11) is 0. The monoisotopic (exact) mass is 309 g/mol. The molecule has 1 heterocycles. The summed E-state index contributed by atoms with van der Waals surface area (Å²) in [6, 6.07) is 15.4. The molecule has 2 aromatic rings. The number of anilines is 2. The Labute approximate surface area is 135 Å². The van der Waals surface area contributed by atoms with Gasteiger partial charge in [-0.25, -0.2) is 9.89 Å². The molecule has 3 rings (SSSR count). The molecule has 0 aliphatic carbocycles. The van der Waals surface area contributed by atoms with Crippen LogP contribution < -0.4 is 15.0 Å². The maximum Gasteiger partial charge on any atom is 0.255 e. The van der Waals surface area contributed by atoms with Gasteiger partial charge in [-0.3, -0.25) is 4.79 Å². The highest BCUT2D eigenvalue weighted by Gasteiger charge is 2.27. The Balaban J connectivity index is 1.80. The summed E-state index contributed by atoms with van der Waals surface area (Å²) >= 11 is 0. The van der Waals surface area contributed by atoms with E-state index in [1.807, 2.05) is 62.4 Å². The molecule has 1 aliphatic heterocycles. The molecule has 5 nitrogen and oxygen atoms in total. The maximum atomic E-state index is 12.2. The highest BCUT2D eigenvalue weighted by molar-refractivity contribution is 6.24. The molecule has 0 aromatic heterocycles. The number of nitrogens with one attached hydrogen (secondary N) is 1. The molecule has 0 radical (unpaired) electrons.